The van der Waals surface area contributed by atoms with Crippen LogP contribution < -0.4 is 16.1 Å². The molecule has 3 heterocycles. The summed E-state index contributed by atoms with van der Waals surface area (Å²) in [7, 11) is 1.50. The van der Waals surface area contributed by atoms with E-state index in [1.807, 2.05) is 10.6 Å². The van der Waals surface area contributed by atoms with E-state index in [0.717, 1.165) is 38.6 Å². The van der Waals surface area contributed by atoms with Crippen LogP contribution in [0.3, 0.4) is 0 Å². The molecule has 148 valence electrons. The number of carboxylic acid groups (broad SMARTS) is 1. The van der Waals surface area contributed by atoms with Crippen molar-refractivity contribution in [3.63, 3.8) is 0 Å². The van der Waals surface area contributed by atoms with Crippen molar-refractivity contribution >= 4 is 28.6 Å². The molecular formula is C21H24FN3O3. The van der Waals surface area contributed by atoms with E-state index in [1.165, 1.54) is 19.3 Å². The van der Waals surface area contributed by atoms with Crippen LogP contribution >= 0.6 is 0 Å². The van der Waals surface area contributed by atoms with E-state index in [2.05, 4.69) is 16.7 Å². The molecule has 1 aliphatic carbocycles. The van der Waals surface area contributed by atoms with Gasteiger partial charge in [-0.05, 0) is 45.2 Å². The van der Waals surface area contributed by atoms with Gasteiger partial charge in [0.15, 0.2) is 0 Å². The maximum atomic E-state index is 15.1. The van der Waals surface area contributed by atoms with E-state index in [9.17, 15) is 14.7 Å². The van der Waals surface area contributed by atoms with E-state index in [4.69, 9.17) is 0 Å². The van der Waals surface area contributed by atoms with Gasteiger partial charge in [0.1, 0.15) is 11.4 Å². The van der Waals surface area contributed by atoms with Crippen molar-refractivity contribution in [2.75, 3.05) is 18.5 Å². The molecule has 28 heavy (non-hydrogen) atoms. The second kappa shape index (κ2) is 7.05. The molecule has 3 N–H and O–H groups in total. The fourth-order valence-corrected chi connectivity index (χ4v) is 4.47. The molecule has 1 aromatic carbocycles. The summed E-state index contributed by atoms with van der Waals surface area (Å²) in [6, 6.07) is 1.71. The Bertz CT molecular complexity index is 1040. The van der Waals surface area contributed by atoms with Crippen molar-refractivity contribution in [3.8, 4) is 0 Å². The Morgan fingerprint density at radius 2 is 2.00 bits per heavy atom. The predicted octanol–water partition coefficient (Wildman–Crippen LogP) is 3.13. The lowest BCUT2D eigenvalue weighted by Crippen LogP contribution is -2.30. The van der Waals surface area contributed by atoms with Gasteiger partial charge in [-0.1, -0.05) is 12.2 Å². The van der Waals surface area contributed by atoms with Gasteiger partial charge < -0.3 is 20.3 Å². The summed E-state index contributed by atoms with van der Waals surface area (Å²) in [5.41, 5.74) is 5.54. The van der Waals surface area contributed by atoms with Crippen molar-refractivity contribution in [3.05, 3.63) is 45.5 Å². The van der Waals surface area contributed by atoms with Crippen LogP contribution in [0.25, 0.3) is 17.0 Å². The van der Waals surface area contributed by atoms with Crippen LogP contribution in [0.2, 0.25) is 0 Å². The third-order valence-electron chi connectivity index (χ3n) is 5.81. The lowest BCUT2D eigenvalue weighted by molar-refractivity contribution is 0.0695. The number of rotatable bonds is 2. The number of aromatic nitrogens is 1. The predicted molar refractivity (Wildman–Crippen MR) is 108 cm³/mol. The SMILES string of the molecule is CN.O=C(O)c1cn(C2CC2)c2c3c(c(F)cc2c1=O)N1CCCC1CC=C3. The molecule has 3 aliphatic rings. The Balaban J connectivity index is 0.000000932. The zero-order chi connectivity index (χ0) is 20.0. The van der Waals surface area contributed by atoms with Gasteiger partial charge in [0.05, 0.1) is 16.6 Å². The number of carbonyl (C=O) groups is 1. The topological polar surface area (TPSA) is 88.6 Å². The largest absolute Gasteiger partial charge is 0.477 e. The quantitative estimate of drug-likeness (QED) is 0.829. The van der Waals surface area contributed by atoms with E-state index in [-0.39, 0.29) is 17.0 Å². The standard InChI is InChI=1S/C20H19FN2O3.CH5N/c21-16-9-14-17(13-5-1-3-11-4-2-8-22(11)18(13)16)23(12-6-7-12)10-15(19(14)24)20(25)26;1-2/h1,5,9-12H,2-4,6-8H2,(H,25,26);2H2,1H3. The second-order valence-corrected chi connectivity index (χ2v) is 7.46. The fraction of sp³-hybridized carbons (Fsp3) is 0.429. The molecule has 2 fully saturated rings. The smallest absolute Gasteiger partial charge is 0.341 e. The van der Waals surface area contributed by atoms with Gasteiger partial charge in [-0.2, -0.15) is 0 Å². The molecule has 0 bridgehead atoms. The van der Waals surface area contributed by atoms with Crippen molar-refractivity contribution in [2.45, 2.75) is 44.2 Å². The van der Waals surface area contributed by atoms with Crippen molar-refractivity contribution in [2.24, 2.45) is 5.73 Å². The average molecular weight is 385 g/mol. The molecular weight excluding hydrogens is 361 g/mol. The maximum Gasteiger partial charge on any atom is 0.341 e. The highest BCUT2D eigenvalue weighted by atomic mass is 19.1. The summed E-state index contributed by atoms with van der Waals surface area (Å²) >= 11 is 0. The number of aromatic carboxylic acids is 1. The number of anilines is 1. The summed E-state index contributed by atoms with van der Waals surface area (Å²) in [5, 5.41) is 9.56. The lowest BCUT2D eigenvalue weighted by atomic mass is 10.0. The third kappa shape index (κ3) is 2.81. The van der Waals surface area contributed by atoms with Gasteiger partial charge in [0.2, 0.25) is 5.43 Å². The summed E-state index contributed by atoms with van der Waals surface area (Å²) < 4.78 is 17.0. The molecule has 1 saturated carbocycles. The molecule has 1 saturated heterocycles. The Labute approximate surface area is 162 Å². The van der Waals surface area contributed by atoms with Gasteiger partial charge in [-0.3, -0.25) is 4.79 Å². The Hall–Kier alpha value is -2.67. The number of hydrogen-bond donors (Lipinski definition) is 2. The summed E-state index contributed by atoms with van der Waals surface area (Å²) in [6.07, 6.45) is 10.2. The molecule has 5 rings (SSSR count). The van der Waals surface area contributed by atoms with E-state index < -0.39 is 17.2 Å². The van der Waals surface area contributed by atoms with Crippen LogP contribution in [-0.4, -0.2) is 35.3 Å². The minimum atomic E-state index is -1.27. The molecule has 7 heteroatoms. The monoisotopic (exact) mass is 385 g/mol. The molecule has 0 spiro atoms. The van der Waals surface area contributed by atoms with Crippen molar-refractivity contribution in [1.82, 2.24) is 4.57 Å². The minimum absolute atomic E-state index is 0.162. The van der Waals surface area contributed by atoms with Gasteiger partial charge in [-0.25, -0.2) is 9.18 Å². The molecule has 2 aromatic rings. The molecule has 6 nitrogen and oxygen atoms in total. The number of halogens is 1. The normalized spacial score (nSPS) is 20.2. The number of nitrogens with zero attached hydrogens (tertiary/aromatic N) is 2. The van der Waals surface area contributed by atoms with E-state index in [1.54, 1.807) is 0 Å². The van der Waals surface area contributed by atoms with Crippen molar-refractivity contribution < 1.29 is 14.3 Å². The van der Waals surface area contributed by atoms with Crippen LogP contribution in [0.15, 0.2) is 23.1 Å². The van der Waals surface area contributed by atoms with Gasteiger partial charge in [-0.15, -0.1) is 0 Å². The Morgan fingerprint density at radius 1 is 1.25 bits per heavy atom. The summed E-state index contributed by atoms with van der Waals surface area (Å²) in [5.74, 6) is -1.70. The van der Waals surface area contributed by atoms with E-state index >= 15 is 4.39 Å². The fourth-order valence-electron chi connectivity index (χ4n) is 4.47. The number of pyridine rings is 1. The van der Waals surface area contributed by atoms with Crippen LogP contribution in [0, 0.1) is 5.82 Å². The summed E-state index contributed by atoms with van der Waals surface area (Å²) in [6.45, 7) is 0.808. The molecule has 0 amide bonds. The first-order valence-electron chi connectivity index (χ1n) is 9.72. The Kier molecular flexibility index (Phi) is 4.71. The first-order valence-corrected chi connectivity index (χ1v) is 9.72. The Morgan fingerprint density at radius 3 is 2.68 bits per heavy atom. The molecule has 0 radical (unpaired) electrons. The lowest BCUT2D eigenvalue weighted by Gasteiger charge is -2.27. The summed E-state index contributed by atoms with van der Waals surface area (Å²) in [4.78, 5) is 26.3. The van der Waals surface area contributed by atoms with Crippen molar-refractivity contribution in [1.29, 1.82) is 0 Å². The van der Waals surface area contributed by atoms with Gasteiger partial charge in [0.25, 0.3) is 0 Å². The molecule has 1 aromatic heterocycles. The third-order valence-corrected chi connectivity index (χ3v) is 5.81. The highest BCUT2D eigenvalue weighted by Crippen LogP contribution is 2.43. The number of hydrogen-bond acceptors (Lipinski definition) is 4. The number of benzene rings is 1. The second-order valence-electron chi connectivity index (χ2n) is 7.46. The number of fused-ring (bicyclic) bond motifs is 5. The number of carboxylic acids is 1. The maximum absolute atomic E-state index is 15.1. The average Bonchev–Trinajstić information content (AvgIpc) is 3.46. The highest BCUT2D eigenvalue weighted by molar-refractivity contribution is 5.98. The first-order chi connectivity index (χ1) is 13.6. The van der Waals surface area contributed by atoms with Crippen LogP contribution in [0.1, 0.15) is 54.1 Å². The molecule has 2 aliphatic heterocycles. The van der Waals surface area contributed by atoms with E-state index in [0.29, 0.717) is 22.8 Å². The van der Waals surface area contributed by atoms with Crippen LogP contribution in [0.4, 0.5) is 10.1 Å². The number of nitrogens with two attached hydrogens (primary N) is 1. The zero-order valence-electron chi connectivity index (χ0n) is 15.8. The first kappa shape index (κ1) is 18.7. The van der Waals surface area contributed by atoms with Crippen LogP contribution in [0.5, 0.6) is 0 Å². The highest BCUT2D eigenvalue weighted by Gasteiger charge is 2.33. The van der Waals surface area contributed by atoms with Gasteiger partial charge in [0, 0.05) is 30.4 Å². The van der Waals surface area contributed by atoms with Gasteiger partial charge >= 0.3 is 5.97 Å². The van der Waals surface area contributed by atoms with Crippen LogP contribution in [-0.2, 0) is 0 Å². The molecule has 1 unspecified atom stereocenters. The zero-order valence-corrected chi connectivity index (χ0v) is 15.8. The minimum Gasteiger partial charge on any atom is -0.477 e. The molecule has 1 atom stereocenters.